The summed E-state index contributed by atoms with van der Waals surface area (Å²) in [5, 5.41) is 17.6. The second-order valence-electron chi connectivity index (χ2n) is 12.6. The van der Waals surface area contributed by atoms with Crippen molar-refractivity contribution in [1.29, 1.82) is 0 Å². The van der Waals surface area contributed by atoms with Crippen LogP contribution in [-0.2, 0) is 31.8 Å². The third kappa shape index (κ3) is 8.81. The van der Waals surface area contributed by atoms with Gasteiger partial charge in [0.15, 0.2) is 0 Å². The predicted molar refractivity (Wildman–Crippen MR) is 157 cm³/mol. The number of nitrogens with one attached hydrogen (secondary N) is 1. The fourth-order valence-corrected chi connectivity index (χ4v) is 5.05. The standard InChI is InChI=1S/C31H45N3O7/c1-9-39-27(35)19-26-24(23-14-10-11-15-25(23)33(26)29(37)41-31(6,7)8)16-18-34(38)17-12-13-22(20-34)21(2)32-28(36)40-30(3,4)5/h10-11,13-15,21H,9,12,16-20H2,1-8H3,(H,32,36)/t21-,34?/m1/s1. The lowest BCUT2D eigenvalue weighted by molar-refractivity contribution is -0.877. The number of nitrogens with zero attached hydrogens (tertiary/aromatic N) is 2. The van der Waals surface area contributed by atoms with Crippen LogP contribution in [0.5, 0.6) is 0 Å². The molecule has 0 spiro atoms. The van der Waals surface area contributed by atoms with Gasteiger partial charge in [-0.05, 0) is 67.0 Å². The van der Waals surface area contributed by atoms with E-state index < -0.39 is 34.0 Å². The molecule has 1 aromatic heterocycles. The first-order valence-electron chi connectivity index (χ1n) is 14.3. The summed E-state index contributed by atoms with van der Waals surface area (Å²) in [6, 6.07) is 7.04. The van der Waals surface area contributed by atoms with Crippen molar-refractivity contribution in [3.8, 4) is 0 Å². The van der Waals surface area contributed by atoms with Gasteiger partial charge in [-0.2, -0.15) is 0 Å². The van der Waals surface area contributed by atoms with Gasteiger partial charge in [0.25, 0.3) is 0 Å². The van der Waals surface area contributed by atoms with Gasteiger partial charge in [0.05, 0.1) is 37.7 Å². The molecule has 1 N–H and O–H groups in total. The number of carbonyl (C=O) groups excluding carboxylic acids is 3. The number of para-hydroxylation sites is 1. The highest BCUT2D eigenvalue weighted by Crippen LogP contribution is 2.30. The molecular formula is C31H45N3O7. The Labute approximate surface area is 242 Å². The number of hydroxylamine groups is 3. The molecule has 0 aliphatic carbocycles. The van der Waals surface area contributed by atoms with Crippen molar-refractivity contribution in [2.45, 2.75) is 91.9 Å². The maximum absolute atomic E-state index is 14.0. The first kappa shape index (κ1) is 32.1. The molecule has 0 saturated carbocycles. The smallest absolute Gasteiger partial charge is 0.419 e. The molecule has 0 saturated heterocycles. The number of quaternary nitrogens is 1. The van der Waals surface area contributed by atoms with Crippen molar-refractivity contribution in [3.63, 3.8) is 0 Å². The summed E-state index contributed by atoms with van der Waals surface area (Å²) in [5.41, 5.74) is 1.32. The Morgan fingerprint density at radius 2 is 1.73 bits per heavy atom. The number of aromatic nitrogens is 1. The van der Waals surface area contributed by atoms with Gasteiger partial charge in [0.1, 0.15) is 17.7 Å². The number of alkyl carbamates (subject to hydrolysis) is 1. The molecule has 2 atom stereocenters. The van der Waals surface area contributed by atoms with E-state index in [2.05, 4.69) is 5.32 Å². The molecule has 0 bridgehead atoms. The molecule has 3 rings (SSSR count). The van der Waals surface area contributed by atoms with E-state index in [4.69, 9.17) is 14.2 Å². The Balaban J connectivity index is 1.89. The highest BCUT2D eigenvalue weighted by atomic mass is 16.6. The molecular weight excluding hydrogens is 526 g/mol. The molecule has 226 valence electrons. The van der Waals surface area contributed by atoms with E-state index in [1.165, 1.54) is 4.57 Å². The van der Waals surface area contributed by atoms with Crippen LogP contribution in [0, 0.1) is 5.21 Å². The number of esters is 1. The Kier molecular flexibility index (Phi) is 9.92. The quantitative estimate of drug-likeness (QED) is 0.143. The fourth-order valence-electron chi connectivity index (χ4n) is 5.05. The zero-order valence-electron chi connectivity index (χ0n) is 25.7. The van der Waals surface area contributed by atoms with Gasteiger partial charge in [-0.3, -0.25) is 4.79 Å². The summed E-state index contributed by atoms with van der Waals surface area (Å²) < 4.78 is 17.2. The number of carbonyl (C=O) groups is 3. The number of benzene rings is 1. The summed E-state index contributed by atoms with van der Waals surface area (Å²) >= 11 is 0. The Morgan fingerprint density at radius 3 is 2.37 bits per heavy atom. The largest absolute Gasteiger partial charge is 0.633 e. The summed E-state index contributed by atoms with van der Waals surface area (Å²) in [6.07, 6.45) is 1.69. The van der Waals surface area contributed by atoms with E-state index in [0.717, 1.165) is 16.5 Å². The third-order valence-electron chi connectivity index (χ3n) is 6.75. The molecule has 1 aliphatic rings. The van der Waals surface area contributed by atoms with Crippen LogP contribution in [0.25, 0.3) is 10.9 Å². The molecule has 10 nitrogen and oxygen atoms in total. The van der Waals surface area contributed by atoms with E-state index in [9.17, 15) is 19.6 Å². The van der Waals surface area contributed by atoms with Crippen LogP contribution in [0.3, 0.4) is 0 Å². The topological polar surface area (TPSA) is 119 Å². The zero-order valence-corrected chi connectivity index (χ0v) is 25.7. The fraction of sp³-hybridized carbons (Fsp3) is 0.581. The first-order chi connectivity index (χ1) is 19.0. The lowest BCUT2D eigenvalue weighted by atomic mass is 10.0. The Morgan fingerprint density at radius 1 is 1.07 bits per heavy atom. The van der Waals surface area contributed by atoms with Gasteiger partial charge in [-0.1, -0.05) is 24.3 Å². The highest BCUT2D eigenvalue weighted by molar-refractivity contribution is 5.95. The van der Waals surface area contributed by atoms with E-state index >= 15 is 0 Å². The zero-order chi connectivity index (χ0) is 30.6. The molecule has 10 heteroatoms. The molecule has 0 radical (unpaired) electrons. The summed E-state index contributed by atoms with van der Waals surface area (Å²) in [6.45, 7) is 15.4. The minimum atomic E-state index is -0.741. The van der Waals surface area contributed by atoms with Crippen LogP contribution in [0.4, 0.5) is 9.59 Å². The maximum atomic E-state index is 14.0. The molecule has 2 aromatic rings. The number of hydrogen-bond donors (Lipinski definition) is 1. The minimum absolute atomic E-state index is 0.127. The maximum Gasteiger partial charge on any atom is 0.419 e. The van der Waals surface area contributed by atoms with Crippen LogP contribution in [-0.4, -0.2) is 70.9 Å². The molecule has 1 aromatic carbocycles. The van der Waals surface area contributed by atoms with Gasteiger partial charge in [-0.15, -0.1) is 0 Å². The first-order valence-corrected chi connectivity index (χ1v) is 14.3. The van der Waals surface area contributed by atoms with E-state index in [0.29, 0.717) is 30.6 Å². The Hall–Kier alpha value is -3.37. The van der Waals surface area contributed by atoms with E-state index in [1.54, 1.807) is 48.5 Å². The lowest BCUT2D eigenvalue weighted by Gasteiger charge is -2.46. The average Bonchev–Trinajstić information content (AvgIpc) is 3.13. The lowest BCUT2D eigenvalue weighted by Crippen LogP contribution is -2.51. The van der Waals surface area contributed by atoms with Crippen LogP contribution in [0.15, 0.2) is 35.9 Å². The number of amides is 1. The molecule has 1 unspecified atom stereocenters. The summed E-state index contributed by atoms with van der Waals surface area (Å²) in [7, 11) is 0. The van der Waals surface area contributed by atoms with E-state index in [1.807, 2.05) is 37.3 Å². The summed E-state index contributed by atoms with van der Waals surface area (Å²) in [5.74, 6) is -0.461. The average molecular weight is 572 g/mol. The number of hydrogen-bond acceptors (Lipinski definition) is 7. The molecule has 41 heavy (non-hydrogen) atoms. The van der Waals surface area contributed by atoms with Gasteiger partial charge in [-0.25, -0.2) is 14.2 Å². The van der Waals surface area contributed by atoms with Gasteiger partial charge >= 0.3 is 18.2 Å². The molecule has 1 aliphatic heterocycles. The monoisotopic (exact) mass is 571 g/mol. The van der Waals surface area contributed by atoms with Crippen molar-refractivity contribution in [2.75, 3.05) is 26.2 Å². The van der Waals surface area contributed by atoms with Crippen LogP contribution >= 0.6 is 0 Å². The normalized spacial score (nSPS) is 18.4. The van der Waals surface area contributed by atoms with Crippen LogP contribution in [0.2, 0.25) is 0 Å². The molecule has 0 fully saturated rings. The Bertz CT molecular complexity index is 1300. The second-order valence-corrected chi connectivity index (χ2v) is 12.6. The van der Waals surface area contributed by atoms with E-state index in [-0.39, 0.29) is 32.2 Å². The number of rotatable bonds is 8. The van der Waals surface area contributed by atoms with Gasteiger partial charge in [0, 0.05) is 29.5 Å². The highest BCUT2D eigenvalue weighted by Gasteiger charge is 2.31. The van der Waals surface area contributed by atoms with Crippen LogP contribution in [0.1, 0.15) is 73.1 Å². The van der Waals surface area contributed by atoms with Crippen molar-refractivity contribution in [1.82, 2.24) is 9.88 Å². The third-order valence-corrected chi connectivity index (χ3v) is 6.75. The van der Waals surface area contributed by atoms with Crippen LogP contribution < -0.4 is 5.32 Å². The summed E-state index contributed by atoms with van der Waals surface area (Å²) in [4.78, 5) is 38.3. The van der Waals surface area contributed by atoms with Gasteiger partial charge in [0.2, 0.25) is 0 Å². The number of ether oxygens (including phenoxy) is 3. The second kappa shape index (κ2) is 12.7. The molecule has 1 amide bonds. The van der Waals surface area contributed by atoms with Gasteiger partial charge < -0.3 is 29.4 Å². The molecule has 2 heterocycles. The SMILES string of the molecule is CCOC(=O)Cc1c(CC[N+]2([O-])CCC=C([C@@H](C)NC(=O)OC(C)(C)C)C2)c2ccccc2n1C(=O)OC(C)(C)C. The minimum Gasteiger partial charge on any atom is -0.633 e. The number of fused-ring (bicyclic) bond motifs is 1. The van der Waals surface area contributed by atoms with Crippen molar-refractivity contribution < 1.29 is 33.2 Å². The predicted octanol–water partition coefficient (Wildman–Crippen LogP) is 5.63. The van der Waals surface area contributed by atoms with Crippen molar-refractivity contribution >= 4 is 29.1 Å². The van der Waals surface area contributed by atoms with Crippen molar-refractivity contribution in [2.24, 2.45) is 0 Å². The van der Waals surface area contributed by atoms with Crippen molar-refractivity contribution in [3.05, 3.63) is 52.4 Å².